The fourth-order valence-corrected chi connectivity index (χ4v) is 3.93. The van der Waals surface area contributed by atoms with Crippen LogP contribution in [0, 0.1) is 12.3 Å². The number of aryl methyl sites for hydroxylation is 1. The Morgan fingerprint density at radius 3 is 2.16 bits per heavy atom. The van der Waals surface area contributed by atoms with Crippen molar-refractivity contribution in [3.8, 4) is 5.75 Å². The molecule has 1 N–H and O–H groups in total. The minimum Gasteiger partial charge on any atom is -0.494 e. The van der Waals surface area contributed by atoms with Crippen LogP contribution in [0.1, 0.15) is 40.2 Å². The van der Waals surface area contributed by atoms with E-state index in [0.717, 1.165) is 15.6 Å². The largest absolute Gasteiger partial charge is 0.494 e. The number of rotatable bonds is 8. The first-order chi connectivity index (χ1) is 14.4. The first kappa shape index (κ1) is 24.4. The molecule has 0 spiro atoms. The van der Waals surface area contributed by atoms with Crippen LogP contribution in [0.4, 0.5) is 5.69 Å². The topological polar surface area (TPSA) is 88.1 Å². The van der Waals surface area contributed by atoms with Gasteiger partial charge in [0, 0.05) is 11.1 Å². The molecule has 0 aliphatic carbocycles. The van der Waals surface area contributed by atoms with E-state index in [-0.39, 0.29) is 10.3 Å². The normalized spacial score (nSPS) is 12.4. The summed E-state index contributed by atoms with van der Waals surface area (Å²) in [5.74, 6) is 0.0479. The molecule has 0 aliphatic rings. The van der Waals surface area contributed by atoms with Gasteiger partial charge in [0.15, 0.2) is 0 Å². The molecule has 8 heteroatoms. The van der Waals surface area contributed by atoms with Crippen LogP contribution in [-0.2, 0) is 14.8 Å². The highest BCUT2D eigenvalue weighted by molar-refractivity contribution is 7.92. The molecule has 0 saturated carbocycles. The van der Waals surface area contributed by atoms with Gasteiger partial charge in [0.25, 0.3) is 15.9 Å². The number of anilines is 1. The fraction of sp³-hybridized carbons (Fsp3) is 0.391. The lowest BCUT2D eigenvalue weighted by Gasteiger charge is -2.24. The Bertz CT molecular complexity index is 1020. The molecule has 0 radical (unpaired) electrons. The number of carbonyl (C=O) groups excluding carboxylic acids is 1. The second-order valence-electron chi connectivity index (χ2n) is 8.23. The van der Waals surface area contributed by atoms with Crippen LogP contribution in [0.3, 0.4) is 0 Å². The van der Waals surface area contributed by atoms with Crippen molar-refractivity contribution in [1.29, 1.82) is 0 Å². The molecule has 2 aromatic rings. The summed E-state index contributed by atoms with van der Waals surface area (Å²) in [5.41, 5.74) is 4.37. The summed E-state index contributed by atoms with van der Waals surface area (Å²) in [6.07, 6.45) is 0. The first-order valence-electron chi connectivity index (χ1n) is 10.1. The van der Waals surface area contributed by atoms with E-state index in [0.29, 0.717) is 18.0 Å². The Labute approximate surface area is 185 Å². The van der Waals surface area contributed by atoms with Crippen molar-refractivity contribution >= 4 is 27.3 Å². The van der Waals surface area contributed by atoms with Gasteiger partial charge in [-0.15, -0.1) is 0 Å². The number of benzene rings is 2. The number of hydrogen-bond donors (Lipinski definition) is 1. The maximum Gasteiger partial charge on any atom is 0.264 e. The number of hydrogen-bond acceptors (Lipinski definition) is 5. The number of nitrogens with zero attached hydrogens (tertiary/aromatic N) is 2. The molecule has 0 unspecified atom stereocenters. The Balaban J connectivity index is 2.36. The van der Waals surface area contributed by atoms with Gasteiger partial charge in [-0.3, -0.25) is 9.10 Å². The van der Waals surface area contributed by atoms with Gasteiger partial charge in [-0.2, -0.15) is 5.10 Å². The minimum absolute atomic E-state index is 0.0682. The Kier molecular flexibility index (Phi) is 7.84. The zero-order valence-electron chi connectivity index (χ0n) is 19.0. The molecule has 168 valence electrons. The molecule has 0 heterocycles. The SMILES string of the molecule is CCOc1ccc(S(=O)(=O)N(CC(=O)N/N=C(/C)C(C)(C)C)c2ccc(C)cc2)cc1. The number of ether oxygens (including phenoxy) is 1. The third-order valence-electron chi connectivity index (χ3n) is 4.77. The molecule has 0 saturated heterocycles. The van der Waals surface area contributed by atoms with E-state index in [4.69, 9.17) is 4.74 Å². The average Bonchev–Trinajstić information content (AvgIpc) is 2.71. The van der Waals surface area contributed by atoms with Gasteiger partial charge in [0.05, 0.1) is 17.2 Å². The fourth-order valence-electron chi connectivity index (χ4n) is 2.51. The van der Waals surface area contributed by atoms with Gasteiger partial charge in [-0.25, -0.2) is 13.8 Å². The monoisotopic (exact) mass is 445 g/mol. The van der Waals surface area contributed by atoms with E-state index in [2.05, 4.69) is 10.5 Å². The highest BCUT2D eigenvalue weighted by atomic mass is 32.2. The van der Waals surface area contributed by atoms with E-state index in [1.165, 1.54) is 12.1 Å². The number of amides is 1. The molecule has 7 nitrogen and oxygen atoms in total. The van der Waals surface area contributed by atoms with Gasteiger partial charge in [-0.05, 0) is 57.2 Å². The van der Waals surface area contributed by atoms with E-state index < -0.39 is 22.5 Å². The lowest BCUT2D eigenvalue weighted by molar-refractivity contribution is -0.119. The van der Waals surface area contributed by atoms with Crippen LogP contribution in [0.25, 0.3) is 0 Å². The summed E-state index contributed by atoms with van der Waals surface area (Å²) in [6.45, 7) is 11.6. The van der Waals surface area contributed by atoms with Crippen molar-refractivity contribution in [2.45, 2.75) is 46.4 Å². The zero-order chi connectivity index (χ0) is 23.2. The maximum absolute atomic E-state index is 13.4. The predicted molar refractivity (Wildman–Crippen MR) is 124 cm³/mol. The summed E-state index contributed by atoms with van der Waals surface area (Å²) in [6, 6.07) is 13.1. The molecule has 0 aliphatic heterocycles. The molecule has 0 bridgehead atoms. The summed E-state index contributed by atoms with van der Waals surface area (Å²) >= 11 is 0. The van der Waals surface area contributed by atoms with Crippen LogP contribution >= 0.6 is 0 Å². The summed E-state index contributed by atoms with van der Waals surface area (Å²) in [7, 11) is -3.99. The smallest absolute Gasteiger partial charge is 0.264 e. The van der Waals surface area contributed by atoms with Gasteiger partial charge >= 0.3 is 0 Å². The lowest BCUT2D eigenvalue weighted by Crippen LogP contribution is -2.40. The molecule has 2 rings (SSSR count). The van der Waals surface area contributed by atoms with Gasteiger partial charge in [0.2, 0.25) is 0 Å². The number of hydrazone groups is 1. The minimum atomic E-state index is -3.99. The summed E-state index contributed by atoms with van der Waals surface area (Å²) in [5, 5.41) is 4.12. The molecular weight excluding hydrogens is 414 g/mol. The van der Waals surface area contributed by atoms with Crippen molar-refractivity contribution in [2.75, 3.05) is 17.5 Å². The van der Waals surface area contributed by atoms with Crippen molar-refractivity contribution in [3.63, 3.8) is 0 Å². The Hall–Kier alpha value is -2.87. The van der Waals surface area contributed by atoms with Crippen molar-refractivity contribution in [3.05, 3.63) is 54.1 Å². The molecule has 0 atom stereocenters. The van der Waals surface area contributed by atoms with Gasteiger partial charge < -0.3 is 4.74 Å². The highest BCUT2D eigenvalue weighted by Gasteiger charge is 2.27. The molecule has 2 aromatic carbocycles. The lowest BCUT2D eigenvalue weighted by atomic mass is 9.91. The zero-order valence-corrected chi connectivity index (χ0v) is 19.8. The van der Waals surface area contributed by atoms with E-state index in [9.17, 15) is 13.2 Å². The van der Waals surface area contributed by atoms with E-state index >= 15 is 0 Å². The quantitative estimate of drug-likeness (QED) is 0.489. The summed E-state index contributed by atoms with van der Waals surface area (Å²) < 4.78 is 33.3. The Morgan fingerprint density at radius 1 is 1.06 bits per heavy atom. The van der Waals surface area contributed by atoms with Crippen molar-refractivity contribution in [1.82, 2.24) is 5.43 Å². The number of carbonyl (C=O) groups is 1. The highest BCUT2D eigenvalue weighted by Crippen LogP contribution is 2.25. The average molecular weight is 446 g/mol. The number of nitrogens with one attached hydrogen (secondary N) is 1. The van der Waals surface area contributed by atoms with Crippen LogP contribution in [0.15, 0.2) is 58.5 Å². The molecule has 0 fully saturated rings. The van der Waals surface area contributed by atoms with Crippen LogP contribution < -0.4 is 14.5 Å². The van der Waals surface area contributed by atoms with Crippen LogP contribution in [0.2, 0.25) is 0 Å². The third kappa shape index (κ3) is 6.55. The molecule has 0 aromatic heterocycles. The molecule has 31 heavy (non-hydrogen) atoms. The maximum atomic E-state index is 13.4. The van der Waals surface area contributed by atoms with E-state index in [1.54, 1.807) is 36.4 Å². The predicted octanol–water partition coefficient (Wildman–Crippen LogP) is 4.13. The first-order valence-corrected chi connectivity index (χ1v) is 11.5. The van der Waals surface area contributed by atoms with Gasteiger partial charge in [-0.1, -0.05) is 38.5 Å². The van der Waals surface area contributed by atoms with Gasteiger partial charge in [0.1, 0.15) is 12.3 Å². The molecular formula is C23H31N3O4S. The second-order valence-corrected chi connectivity index (χ2v) is 10.1. The molecule has 1 amide bonds. The number of sulfonamides is 1. The van der Waals surface area contributed by atoms with Crippen molar-refractivity contribution < 1.29 is 17.9 Å². The summed E-state index contributed by atoms with van der Waals surface area (Å²) in [4.78, 5) is 12.7. The third-order valence-corrected chi connectivity index (χ3v) is 6.55. The van der Waals surface area contributed by atoms with Crippen LogP contribution in [-0.4, -0.2) is 33.2 Å². The Morgan fingerprint density at radius 2 is 1.65 bits per heavy atom. The van der Waals surface area contributed by atoms with E-state index in [1.807, 2.05) is 41.5 Å². The van der Waals surface area contributed by atoms with Crippen LogP contribution in [0.5, 0.6) is 5.75 Å². The van der Waals surface area contributed by atoms with Crippen molar-refractivity contribution in [2.24, 2.45) is 10.5 Å². The standard InChI is InChI=1S/C23H31N3O4S/c1-7-30-20-12-14-21(15-13-20)31(28,29)26(19-10-8-17(2)9-11-19)16-22(27)25-24-18(3)23(4,5)6/h8-15H,7,16H2,1-6H3,(H,25,27)/b24-18-. The second kappa shape index (κ2) is 9.96.